The molecule has 0 aliphatic carbocycles. The summed E-state index contributed by atoms with van der Waals surface area (Å²) in [6.07, 6.45) is -4.40. The minimum absolute atomic E-state index is 0.0931. The van der Waals surface area contributed by atoms with E-state index in [0.717, 1.165) is 12.1 Å². The largest absolute Gasteiger partial charge is 0.493 e. The van der Waals surface area contributed by atoms with Gasteiger partial charge in [-0.3, -0.25) is 4.79 Å². The Hall–Kier alpha value is -1.72. The molecule has 3 nitrogen and oxygen atoms in total. The maximum atomic E-state index is 12.4. The van der Waals surface area contributed by atoms with Crippen LogP contribution in [0.25, 0.3) is 0 Å². The van der Waals surface area contributed by atoms with Crippen LogP contribution in [0.5, 0.6) is 5.75 Å². The number of halogens is 3. The third-order valence-electron chi connectivity index (χ3n) is 2.94. The fourth-order valence-electron chi connectivity index (χ4n) is 1.61. The number of hydrogen-bond acceptors (Lipinski definition) is 2. The van der Waals surface area contributed by atoms with E-state index in [1.54, 1.807) is 20.8 Å². The quantitative estimate of drug-likeness (QED) is 0.916. The van der Waals surface area contributed by atoms with Crippen molar-refractivity contribution in [2.24, 2.45) is 11.3 Å². The molecule has 112 valence electrons. The number of hydrogen-bond donors (Lipinski definition) is 1. The molecule has 0 aliphatic heterocycles. The third kappa shape index (κ3) is 4.43. The first-order chi connectivity index (χ1) is 9.01. The number of carboxylic acids is 1. The molecule has 0 aromatic heterocycles. The van der Waals surface area contributed by atoms with Crippen LogP contribution in [0.1, 0.15) is 26.3 Å². The van der Waals surface area contributed by atoms with Crippen LogP contribution >= 0.6 is 0 Å². The van der Waals surface area contributed by atoms with E-state index in [9.17, 15) is 18.0 Å². The Morgan fingerprint density at radius 2 is 1.70 bits per heavy atom. The third-order valence-corrected chi connectivity index (χ3v) is 2.94. The summed E-state index contributed by atoms with van der Waals surface area (Å²) in [5.41, 5.74) is -1.27. The highest BCUT2D eigenvalue weighted by atomic mass is 19.4. The van der Waals surface area contributed by atoms with Gasteiger partial charge in [-0.15, -0.1) is 0 Å². The Morgan fingerprint density at radius 1 is 1.20 bits per heavy atom. The summed E-state index contributed by atoms with van der Waals surface area (Å²) >= 11 is 0. The molecule has 0 saturated heterocycles. The SMILES string of the molecule is CC(C)(C)C(COc1ccc(C(F)(F)F)cc1)C(=O)O. The molecule has 20 heavy (non-hydrogen) atoms. The van der Waals surface area contributed by atoms with Crippen LogP contribution in [0.4, 0.5) is 13.2 Å². The van der Waals surface area contributed by atoms with Crippen molar-refractivity contribution in [1.29, 1.82) is 0 Å². The summed E-state index contributed by atoms with van der Waals surface area (Å²) in [7, 11) is 0. The molecule has 1 N–H and O–H groups in total. The first kappa shape index (κ1) is 16.3. The standard InChI is InChI=1S/C14H17F3O3/c1-13(2,3)11(12(18)19)8-20-10-6-4-9(5-7-10)14(15,16)17/h4-7,11H,8H2,1-3H3,(H,18,19). The van der Waals surface area contributed by atoms with Crippen molar-refractivity contribution >= 4 is 5.97 Å². The molecule has 1 atom stereocenters. The van der Waals surface area contributed by atoms with Gasteiger partial charge in [-0.25, -0.2) is 0 Å². The molecule has 0 radical (unpaired) electrons. The molecular weight excluding hydrogens is 273 g/mol. The molecule has 0 saturated carbocycles. The van der Waals surface area contributed by atoms with Crippen LogP contribution in [-0.4, -0.2) is 17.7 Å². The smallest absolute Gasteiger partial charge is 0.416 e. The van der Waals surface area contributed by atoms with Crippen molar-refractivity contribution < 1.29 is 27.8 Å². The molecule has 0 heterocycles. The van der Waals surface area contributed by atoms with E-state index in [2.05, 4.69) is 0 Å². The predicted molar refractivity (Wildman–Crippen MR) is 67.5 cm³/mol. The minimum Gasteiger partial charge on any atom is -0.493 e. The number of alkyl halides is 3. The van der Waals surface area contributed by atoms with Gasteiger partial charge in [-0.05, 0) is 29.7 Å². The Kier molecular flexibility index (Phi) is 4.68. The van der Waals surface area contributed by atoms with E-state index < -0.39 is 29.0 Å². The van der Waals surface area contributed by atoms with Crippen LogP contribution in [0.15, 0.2) is 24.3 Å². The Labute approximate surface area is 115 Å². The van der Waals surface area contributed by atoms with Crippen molar-refractivity contribution in [3.05, 3.63) is 29.8 Å². The fourth-order valence-corrected chi connectivity index (χ4v) is 1.61. The van der Waals surface area contributed by atoms with E-state index in [1.165, 1.54) is 12.1 Å². The van der Waals surface area contributed by atoms with Gasteiger partial charge in [0.1, 0.15) is 12.4 Å². The number of aliphatic carboxylic acids is 1. The molecule has 1 rings (SSSR count). The minimum atomic E-state index is -4.40. The fraction of sp³-hybridized carbons (Fsp3) is 0.500. The molecule has 1 unspecified atom stereocenters. The molecule has 1 aromatic rings. The zero-order valence-corrected chi connectivity index (χ0v) is 11.5. The van der Waals surface area contributed by atoms with Crippen LogP contribution in [0.2, 0.25) is 0 Å². The number of rotatable bonds is 4. The highest BCUT2D eigenvalue weighted by Crippen LogP contribution is 2.31. The summed E-state index contributed by atoms with van der Waals surface area (Å²) in [5.74, 6) is -1.53. The first-order valence-electron chi connectivity index (χ1n) is 6.04. The summed E-state index contributed by atoms with van der Waals surface area (Å²) < 4.78 is 42.4. The molecule has 0 aliphatic rings. The number of carbonyl (C=O) groups is 1. The molecule has 0 bridgehead atoms. The van der Waals surface area contributed by atoms with Crippen LogP contribution in [0.3, 0.4) is 0 Å². The Morgan fingerprint density at radius 3 is 2.05 bits per heavy atom. The van der Waals surface area contributed by atoms with Crippen molar-refractivity contribution in [3.8, 4) is 5.75 Å². The van der Waals surface area contributed by atoms with Gasteiger partial charge in [0, 0.05) is 0 Å². The monoisotopic (exact) mass is 290 g/mol. The second-order valence-electron chi connectivity index (χ2n) is 5.59. The maximum Gasteiger partial charge on any atom is 0.416 e. The highest BCUT2D eigenvalue weighted by molar-refractivity contribution is 5.71. The van der Waals surface area contributed by atoms with Gasteiger partial charge >= 0.3 is 12.1 Å². The molecular formula is C14H17F3O3. The van der Waals surface area contributed by atoms with Crippen LogP contribution < -0.4 is 4.74 Å². The summed E-state index contributed by atoms with van der Waals surface area (Å²) in [6.45, 7) is 5.20. The number of ether oxygens (including phenoxy) is 1. The van der Waals surface area contributed by atoms with Gasteiger partial charge in [-0.2, -0.15) is 13.2 Å². The zero-order chi connectivity index (χ0) is 15.6. The van der Waals surface area contributed by atoms with Gasteiger partial charge in [0.25, 0.3) is 0 Å². The van der Waals surface area contributed by atoms with Gasteiger partial charge in [0.2, 0.25) is 0 Å². The second-order valence-corrected chi connectivity index (χ2v) is 5.59. The highest BCUT2D eigenvalue weighted by Gasteiger charge is 2.32. The van der Waals surface area contributed by atoms with Crippen LogP contribution in [-0.2, 0) is 11.0 Å². The molecule has 6 heteroatoms. The van der Waals surface area contributed by atoms with Crippen molar-refractivity contribution in [1.82, 2.24) is 0 Å². The predicted octanol–water partition coefficient (Wildman–Crippen LogP) is 3.83. The molecule has 0 spiro atoms. The van der Waals surface area contributed by atoms with E-state index in [4.69, 9.17) is 9.84 Å². The van der Waals surface area contributed by atoms with Crippen molar-refractivity contribution in [2.75, 3.05) is 6.61 Å². The van der Waals surface area contributed by atoms with E-state index in [-0.39, 0.29) is 12.4 Å². The lowest BCUT2D eigenvalue weighted by atomic mass is 9.81. The second kappa shape index (κ2) is 5.73. The number of benzene rings is 1. The lowest BCUT2D eigenvalue weighted by molar-refractivity contribution is -0.146. The first-order valence-corrected chi connectivity index (χ1v) is 6.04. The Bertz CT molecular complexity index is 458. The zero-order valence-electron chi connectivity index (χ0n) is 11.5. The maximum absolute atomic E-state index is 12.4. The Balaban J connectivity index is 2.73. The lowest BCUT2D eigenvalue weighted by Crippen LogP contribution is -2.33. The number of carboxylic acid groups (broad SMARTS) is 1. The average molecular weight is 290 g/mol. The van der Waals surface area contributed by atoms with Crippen molar-refractivity contribution in [2.45, 2.75) is 26.9 Å². The average Bonchev–Trinajstić information content (AvgIpc) is 2.26. The topological polar surface area (TPSA) is 46.5 Å². The van der Waals surface area contributed by atoms with Crippen LogP contribution in [0, 0.1) is 11.3 Å². The van der Waals surface area contributed by atoms with E-state index >= 15 is 0 Å². The lowest BCUT2D eigenvalue weighted by Gasteiger charge is -2.26. The van der Waals surface area contributed by atoms with E-state index in [0.29, 0.717) is 0 Å². The summed E-state index contributed by atoms with van der Waals surface area (Å²) in [6, 6.07) is 4.18. The van der Waals surface area contributed by atoms with Gasteiger partial charge < -0.3 is 9.84 Å². The summed E-state index contributed by atoms with van der Waals surface area (Å²) in [4.78, 5) is 11.1. The van der Waals surface area contributed by atoms with Gasteiger partial charge in [0.15, 0.2) is 0 Å². The molecule has 1 aromatic carbocycles. The van der Waals surface area contributed by atoms with E-state index in [1.807, 2.05) is 0 Å². The summed E-state index contributed by atoms with van der Waals surface area (Å²) in [5, 5.41) is 9.11. The van der Waals surface area contributed by atoms with Gasteiger partial charge in [0.05, 0.1) is 11.5 Å². The molecule has 0 fully saturated rings. The van der Waals surface area contributed by atoms with Gasteiger partial charge in [-0.1, -0.05) is 20.8 Å². The van der Waals surface area contributed by atoms with Crippen molar-refractivity contribution in [3.63, 3.8) is 0 Å². The normalized spacial score (nSPS) is 13.9. The molecule has 0 amide bonds.